The van der Waals surface area contributed by atoms with E-state index in [2.05, 4.69) is 36.8 Å². The molecule has 2 N–H and O–H groups in total. The number of hydrogen-bond acceptors (Lipinski definition) is 6. The summed E-state index contributed by atoms with van der Waals surface area (Å²) >= 11 is 4.72. The number of nitrogens with one attached hydrogen (secondary N) is 2. The molecule has 8 nitrogen and oxygen atoms in total. The molecule has 10 heteroatoms. The average molecular weight is 581 g/mol. The number of nitrogens with zero attached hydrogens (tertiary/aromatic N) is 3. The number of carbonyl (C=O) groups is 2. The van der Waals surface area contributed by atoms with Gasteiger partial charge in [0.2, 0.25) is 5.91 Å². The third kappa shape index (κ3) is 7.21. The zero-order valence-electron chi connectivity index (χ0n) is 20.4. The number of aromatic nitrogens is 3. The zero-order chi connectivity index (χ0) is 26.2. The lowest BCUT2D eigenvalue weighted by molar-refractivity contribution is -0.113. The number of thioether (sulfide) groups is 1. The van der Waals surface area contributed by atoms with Crippen LogP contribution in [0.3, 0.4) is 0 Å². The van der Waals surface area contributed by atoms with Crippen molar-refractivity contribution in [1.82, 2.24) is 20.1 Å². The summed E-state index contributed by atoms with van der Waals surface area (Å²) in [6, 6.07) is 22.3. The molecule has 1 aromatic heterocycles. The lowest BCUT2D eigenvalue weighted by Gasteiger charge is -2.12. The van der Waals surface area contributed by atoms with Crippen LogP contribution in [-0.4, -0.2) is 38.9 Å². The predicted molar refractivity (Wildman–Crippen MR) is 148 cm³/mol. The molecule has 0 saturated carbocycles. The number of benzene rings is 3. The van der Waals surface area contributed by atoms with E-state index in [-0.39, 0.29) is 24.1 Å². The number of halogens is 1. The predicted octanol–water partition coefficient (Wildman–Crippen LogP) is 5.40. The highest BCUT2D eigenvalue weighted by Gasteiger charge is 2.17. The number of aryl methyl sites for hydroxylation is 1. The van der Waals surface area contributed by atoms with Gasteiger partial charge in [0, 0.05) is 21.4 Å². The molecule has 0 aliphatic heterocycles. The standard InChI is InChI=1S/C27H26BrN5O3S/c1-3-36-23-13-9-21(10-14-23)30-25(34)17-37-27-32-31-24(33(27)22-11-7-20(28)8-12-22)16-29-26(35)19-6-4-5-18(2)15-19/h4-15H,3,16-17H2,1-2H3,(H,29,35)(H,30,34). The lowest BCUT2D eigenvalue weighted by Crippen LogP contribution is -2.24. The Hall–Kier alpha value is -3.63. The van der Waals surface area contributed by atoms with Crippen LogP contribution < -0.4 is 15.4 Å². The highest BCUT2D eigenvalue weighted by atomic mass is 79.9. The maximum atomic E-state index is 12.7. The molecule has 0 aliphatic carbocycles. The minimum absolute atomic E-state index is 0.136. The zero-order valence-corrected chi connectivity index (χ0v) is 22.8. The first-order valence-electron chi connectivity index (χ1n) is 11.6. The average Bonchev–Trinajstić information content (AvgIpc) is 3.30. The first kappa shape index (κ1) is 26.4. The minimum atomic E-state index is -0.196. The Bertz CT molecular complexity index is 1370. The number of rotatable bonds is 10. The lowest BCUT2D eigenvalue weighted by atomic mass is 10.1. The van der Waals surface area contributed by atoms with Crippen molar-refractivity contribution >= 4 is 45.2 Å². The van der Waals surface area contributed by atoms with Gasteiger partial charge in [-0.15, -0.1) is 10.2 Å². The summed E-state index contributed by atoms with van der Waals surface area (Å²) in [5, 5.41) is 15.0. The van der Waals surface area contributed by atoms with Crippen molar-refractivity contribution in [2.24, 2.45) is 0 Å². The highest BCUT2D eigenvalue weighted by Crippen LogP contribution is 2.24. The van der Waals surface area contributed by atoms with Gasteiger partial charge in [0.25, 0.3) is 5.91 Å². The number of anilines is 1. The van der Waals surface area contributed by atoms with Crippen LogP contribution in [0, 0.1) is 6.92 Å². The van der Waals surface area contributed by atoms with E-state index in [9.17, 15) is 9.59 Å². The van der Waals surface area contributed by atoms with E-state index in [0.29, 0.717) is 28.8 Å². The molecule has 0 bridgehead atoms. The van der Waals surface area contributed by atoms with Crippen molar-refractivity contribution in [2.75, 3.05) is 17.7 Å². The largest absolute Gasteiger partial charge is 0.494 e. The molecule has 0 unspecified atom stereocenters. The van der Waals surface area contributed by atoms with Crippen molar-refractivity contribution < 1.29 is 14.3 Å². The van der Waals surface area contributed by atoms with Gasteiger partial charge in [-0.3, -0.25) is 14.2 Å². The van der Waals surface area contributed by atoms with Gasteiger partial charge in [-0.1, -0.05) is 45.4 Å². The summed E-state index contributed by atoms with van der Waals surface area (Å²) in [7, 11) is 0. The SMILES string of the molecule is CCOc1ccc(NC(=O)CSc2nnc(CNC(=O)c3cccc(C)c3)n2-c2ccc(Br)cc2)cc1. The second-order valence-electron chi connectivity index (χ2n) is 8.06. The van der Waals surface area contributed by atoms with Crippen molar-refractivity contribution in [2.45, 2.75) is 25.5 Å². The monoisotopic (exact) mass is 579 g/mol. The third-order valence-corrected chi connectivity index (χ3v) is 6.71. The molecule has 0 fully saturated rings. The van der Waals surface area contributed by atoms with E-state index < -0.39 is 0 Å². The van der Waals surface area contributed by atoms with Crippen LogP contribution in [0.25, 0.3) is 5.69 Å². The van der Waals surface area contributed by atoms with Crippen LogP contribution >= 0.6 is 27.7 Å². The third-order valence-electron chi connectivity index (χ3n) is 5.25. The number of amides is 2. The first-order chi connectivity index (χ1) is 17.9. The van der Waals surface area contributed by atoms with Crippen molar-refractivity contribution in [3.63, 3.8) is 0 Å². The fourth-order valence-electron chi connectivity index (χ4n) is 3.53. The summed E-state index contributed by atoms with van der Waals surface area (Å²) in [4.78, 5) is 25.3. The van der Waals surface area contributed by atoms with Crippen molar-refractivity contribution in [3.05, 3.63) is 94.2 Å². The maximum Gasteiger partial charge on any atom is 0.251 e. The van der Waals surface area contributed by atoms with Crippen LogP contribution in [0.1, 0.15) is 28.7 Å². The Labute approximate surface area is 228 Å². The molecule has 0 aliphatic rings. The van der Waals surface area contributed by atoms with E-state index >= 15 is 0 Å². The van der Waals surface area contributed by atoms with E-state index in [4.69, 9.17) is 4.74 Å². The Morgan fingerprint density at radius 1 is 1.03 bits per heavy atom. The van der Waals surface area contributed by atoms with Crippen LogP contribution in [0.4, 0.5) is 5.69 Å². The van der Waals surface area contributed by atoms with Gasteiger partial charge in [-0.25, -0.2) is 0 Å². The summed E-state index contributed by atoms with van der Waals surface area (Å²) in [5.74, 6) is 1.07. The van der Waals surface area contributed by atoms with Gasteiger partial charge in [0.15, 0.2) is 11.0 Å². The summed E-state index contributed by atoms with van der Waals surface area (Å²) in [6.07, 6.45) is 0. The van der Waals surface area contributed by atoms with Crippen LogP contribution in [0.2, 0.25) is 0 Å². The fraction of sp³-hybridized carbons (Fsp3) is 0.185. The van der Waals surface area contributed by atoms with E-state index in [1.165, 1.54) is 11.8 Å². The van der Waals surface area contributed by atoms with E-state index in [0.717, 1.165) is 21.5 Å². The van der Waals surface area contributed by atoms with Gasteiger partial charge in [0.1, 0.15) is 5.75 Å². The summed E-state index contributed by atoms with van der Waals surface area (Å²) in [5.41, 5.74) is 3.09. The first-order valence-corrected chi connectivity index (χ1v) is 13.4. The molecule has 0 atom stereocenters. The molecule has 0 radical (unpaired) electrons. The number of carbonyl (C=O) groups excluding carboxylic acids is 2. The molecule has 2 amide bonds. The molecular weight excluding hydrogens is 554 g/mol. The van der Waals surface area contributed by atoms with Gasteiger partial charge in [-0.2, -0.15) is 0 Å². The number of ether oxygens (including phenoxy) is 1. The Balaban J connectivity index is 1.46. The molecule has 190 valence electrons. The Kier molecular flexibility index (Phi) is 8.97. The molecule has 1 heterocycles. The van der Waals surface area contributed by atoms with Crippen molar-refractivity contribution in [1.29, 1.82) is 0 Å². The molecule has 4 aromatic rings. The number of hydrogen-bond donors (Lipinski definition) is 2. The Morgan fingerprint density at radius 3 is 2.49 bits per heavy atom. The molecule has 0 saturated heterocycles. The smallest absolute Gasteiger partial charge is 0.251 e. The van der Waals surface area contributed by atoms with Gasteiger partial charge in [-0.05, 0) is 74.5 Å². The normalized spacial score (nSPS) is 10.7. The minimum Gasteiger partial charge on any atom is -0.494 e. The molecule has 4 rings (SSSR count). The molecule has 0 spiro atoms. The Morgan fingerprint density at radius 2 is 1.78 bits per heavy atom. The summed E-state index contributed by atoms with van der Waals surface area (Å²) in [6.45, 7) is 4.62. The van der Waals surface area contributed by atoms with E-state index in [1.807, 2.05) is 73.0 Å². The van der Waals surface area contributed by atoms with Crippen LogP contribution in [-0.2, 0) is 11.3 Å². The maximum absolute atomic E-state index is 12.7. The quantitative estimate of drug-likeness (QED) is 0.244. The van der Waals surface area contributed by atoms with Gasteiger partial charge < -0.3 is 15.4 Å². The van der Waals surface area contributed by atoms with Crippen LogP contribution in [0.5, 0.6) is 5.75 Å². The summed E-state index contributed by atoms with van der Waals surface area (Å²) < 4.78 is 8.21. The molecular formula is C27H26BrN5O3S. The molecule has 3 aromatic carbocycles. The fourth-order valence-corrected chi connectivity index (χ4v) is 4.57. The van der Waals surface area contributed by atoms with Gasteiger partial charge in [0.05, 0.1) is 18.9 Å². The molecule has 37 heavy (non-hydrogen) atoms. The second kappa shape index (κ2) is 12.6. The van der Waals surface area contributed by atoms with E-state index in [1.54, 1.807) is 18.2 Å². The van der Waals surface area contributed by atoms with Crippen LogP contribution in [0.15, 0.2) is 82.4 Å². The van der Waals surface area contributed by atoms with Crippen molar-refractivity contribution in [3.8, 4) is 11.4 Å². The van der Waals surface area contributed by atoms with Gasteiger partial charge >= 0.3 is 0 Å². The highest BCUT2D eigenvalue weighted by molar-refractivity contribution is 9.10. The topological polar surface area (TPSA) is 98.1 Å². The second-order valence-corrected chi connectivity index (χ2v) is 9.92.